The minimum atomic E-state index is -0.586. The quantitative estimate of drug-likeness (QED) is 0.682. The van der Waals surface area contributed by atoms with Crippen LogP contribution >= 0.6 is 0 Å². The zero-order chi connectivity index (χ0) is 16.2. The third-order valence-electron chi connectivity index (χ3n) is 2.58. The van der Waals surface area contributed by atoms with Crippen LogP contribution in [0, 0.1) is 10.1 Å². The summed E-state index contributed by atoms with van der Waals surface area (Å²) in [5.41, 5.74) is 0.857. The van der Waals surface area contributed by atoms with E-state index < -0.39 is 16.6 Å². The summed E-state index contributed by atoms with van der Waals surface area (Å²) in [6.07, 6.45) is -0.557. The maximum absolute atomic E-state index is 11.7. The van der Waals surface area contributed by atoms with Gasteiger partial charge in [0.25, 0.3) is 5.69 Å². The first-order valence-corrected chi connectivity index (χ1v) is 6.51. The van der Waals surface area contributed by atoms with E-state index in [1.165, 1.54) is 12.1 Å². The number of amides is 1. The summed E-state index contributed by atoms with van der Waals surface area (Å²) in [6.45, 7) is 5.46. The van der Waals surface area contributed by atoms with Gasteiger partial charge in [-0.05, 0) is 26.8 Å². The highest BCUT2D eigenvalue weighted by Gasteiger charge is 2.17. The zero-order valence-electron chi connectivity index (χ0n) is 13.0. The van der Waals surface area contributed by atoms with E-state index in [2.05, 4.69) is 5.32 Å². The fourth-order valence-electron chi connectivity index (χ4n) is 1.74. The Labute approximate surface area is 124 Å². The molecular formula is C14H21N3O4. The largest absolute Gasteiger partial charge is 0.444 e. The number of hydrogen-bond acceptors (Lipinski definition) is 5. The molecule has 0 atom stereocenters. The van der Waals surface area contributed by atoms with Crippen LogP contribution in [-0.4, -0.2) is 30.7 Å². The highest BCUT2D eigenvalue weighted by molar-refractivity contribution is 5.68. The molecule has 0 heterocycles. The van der Waals surface area contributed by atoms with Gasteiger partial charge in [-0.15, -0.1) is 0 Å². The lowest BCUT2D eigenvalue weighted by Gasteiger charge is -2.21. The van der Waals surface area contributed by atoms with E-state index >= 15 is 0 Å². The van der Waals surface area contributed by atoms with Crippen LogP contribution in [0.25, 0.3) is 0 Å². The van der Waals surface area contributed by atoms with Crippen molar-refractivity contribution < 1.29 is 14.5 Å². The molecule has 7 nitrogen and oxygen atoms in total. The van der Waals surface area contributed by atoms with E-state index in [-0.39, 0.29) is 12.2 Å². The first kappa shape index (κ1) is 16.7. The van der Waals surface area contributed by atoms with Gasteiger partial charge in [0.1, 0.15) is 5.60 Å². The molecule has 1 aromatic carbocycles. The number of non-ortho nitro benzene ring substituents is 1. The fraction of sp³-hybridized carbons (Fsp3) is 0.500. The molecule has 0 aromatic heterocycles. The molecule has 0 aliphatic rings. The molecule has 0 fully saturated rings. The molecule has 0 aliphatic heterocycles. The van der Waals surface area contributed by atoms with Crippen LogP contribution < -0.4 is 10.2 Å². The highest BCUT2D eigenvalue weighted by atomic mass is 16.6. The lowest BCUT2D eigenvalue weighted by molar-refractivity contribution is -0.384. The summed E-state index contributed by atoms with van der Waals surface area (Å²) in [7, 11) is 3.66. The van der Waals surface area contributed by atoms with E-state index in [4.69, 9.17) is 4.74 Å². The van der Waals surface area contributed by atoms with Gasteiger partial charge in [0.05, 0.1) is 4.92 Å². The predicted octanol–water partition coefficient (Wildman–Crippen LogP) is 2.69. The van der Waals surface area contributed by atoms with Gasteiger partial charge >= 0.3 is 6.09 Å². The van der Waals surface area contributed by atoms with Gasteiger partial charge in [-0.25, -0.2) is 4.79 Å². The molecule has 116 valence electrons. The molecule has 1 amide bonds. The van der Waals surface area contributed by atoms with Gasteiger partial charge in [-0.2, -0.15) is 0 Å². The molecule has 0 saturated carbocycles. The second kappa shape index (κ2) is 6.43. The minimum absolute atomic E-state index is 0.0124. The first-order valence-electron chi connectivity index (χ1n) is 6.51. The number of benzene rings is 1. The second-order valence-corrected chi connectivity index (χ2v) is 5.82. The SMILES string of the molecule is CN(C)c1ccc([N+](=O)[O-])cc1CNC(=O)OC(C)(C)C. The molecule has 0 unspecified atom stereocenters. The van der Waals surface area contributed by atoms with E-state index in [0.29, 0.717) is 5.56 Å². The number of nitro groups is 1. The maximum atomic E-state index is 11.7. The first-order chi connectivity index (χ1) is 9.60. The van der Waals surface area contributed by atoms with Gasteiger partial charge < -0.3 is 15.0 Å². The summed E-state index contributed by atoms with van der Waals surface area (Å²) in [4.78, 5) is 23.9. The highest BCUT2D eigenvalue weighted by Crippen LogP contribution is 2.24. The lowest BCUT2D eigenvalue weighted by Crippen LogP contribution is -2.32. The van der Waals surface area contributed by atoms with Crippen LogP contribution in [0.1, 0.15) is 26.3 Å². The molecule has 21 heavy (non-hydrogen) atoms. The molecule has 0 spiro atoms. The number of nitro benzene ring substituents is 1. The smallest absolute Gasteiger partial charge is 0.407 e. The minimum Gasteiger partial charge on any atom is -0.444 e. The molecule has 0 saturated heterocycles. The van der Waals surface area contributed by atoms with Crippen LogP contribution in [0.4, 0.5) is 16.2 Å². The second-order valence-electron chi connectivity index (χ2n) is 5.82. The van der Waals surface area contributed by atoms with Crippen LogP contribution in [-0.2, 0) is 11.3 Å². The Morgan fingerprint density at radius 3 is 2.48 bits per heavy atom. The van der Waals surface area contributed by atoms with E-state index in [9.17, 15) is 14.9 Å². The molecule has 0 radical (unpaired) electrons. The van der Waals surface area contributed by atoms with Crippen molar-refractivity contribution in [2.45, 2.75) is 32.9 Å². The summed E-state index contributed by atoms with van der Waals surface area (Å²) < 4.78 is 5.14. The molecular weight excluding hydrogens is 274 g/mol. The predicted molar refractivity (Wildman–Crippen MR) is 80.5 cm³/mol. The number of carbonyl (C=O) groups is 1. The Bertz CT molecular complexity index is 536. The molecule has 0 aliphatic carbocycles. The molecule has 1 N–H and O–H groups in total. The Hall–Kier alpha value is -2.31. The zero-order valence-corrected chi connectivity index (χ0v) is 13.0. The standard InChI is InChI=1S/C14H21N3O4/c1-14(2,3)21-13(18)15-9-10-8-11(17(19)20)6-7-12(10)16(4)5/h6-8H,9H2,1-5H3,(H,15,18). The number of carbonyl (C=O) groups excluding carboxylic acids is 1. The number of nitrogens with zero attached hydrogens (tertiary/aromatic N) is 2. The van der Waals surface area contributed by atoms with Crippen molar-refractivity contribution in [2.75, 3.05) is 19.0 Å². The third-order valence-corrected chi connectivity index (χ3v) is 2.58. The van der Waals surface area contributed by atoms with Crippen LogP contribution in [0.15, 0.2) is 18.2 Å². The van der Waals surface area contributed by atoms with Gasteiger partial charge in [0.2, 0.25) is 0 Å². The van der Waals surface area contributed by atoms with Crippen molar-refractivity contribution in [3.63, 3.8) is 0 Å². The number of nitrogens with one attached hydrogen (secondary N) is 1. The van der Waals surface area contributed by atoms with Crippen molar-refractivity contribution in [3.8, 4) is 0 Å². The van der Waals surface area contributed by atoms with Crippen molar-refractivity contribution in [3.05, 3.63) is 33.9 Å². The van der Waals surface area contributed by atoms with Crippen molar-refractivity contribution in [1.29, 1.82) is 0 Å². The van der Waals surface area contributed by atoms with E-state index in [1.54, 1.807) is 26.8 Å². The number of hydrogen-bond donors (Lipinski definition) is 1. The van der Waals surface area contributed by atoms with Crippen molar-refractivity contribution in [1.82, 2.24) is 5.32 Å². The van der Waals surface area contributed by atoms with Gasteiger partial charge in [-0.3, -0.25) is 10.1 Å². The Morgan fingerprint density at radius 1 is 1.38 bits per heavy atom. The van der Waals surface area contributed by atoms with Gasteiger partial charge in [0.15, 0.2) is 0 Å². The molecule has 7 heteroatoms. The van der Waals surface area contributed by atoms with Crippen LogP contribution in [0.3, 0.4) is 0 Å². The van der Waals surface area contributed by atoms with E-state index in [1.807, 2.05) is 19.0 Å². The fourth-order valence-corrected chi connectivity index (χ4v) is 1.74. The number of anilines is 1. The summed E-state index contributed by atoms with van der Waals surface area (Å²) in [5, 5.41) is 13.4. The average Bonchev–Trinajstić information content (AvgIpc) is 2.33. The van der Waals surface area contributed by atoms with Crippen molar-refractivity contribution >= 4 is 17.5 Å². The van der Waals surface area contributed by atoms with Crippen LogP contribution in [0.2, 0.25) is 0 Å². The van der Waals surface area contributed by atoms with Crippen molar-refractivity contribution in [2.24, 2.45) is 0 Å². The number of rotatable bonds is 4. The topological polar surface area (TPSA) is 84.7 Å². The van der Waals surface area contributed by atoms with Gasteiger partial charge in [0, 0.05) is 44.0 Å². The normalized spacial score (nSPS) is 10.9. The number of alkyl carbamates (subject to hydrolysis) is 1. The van der Waals surface area contributed by atoms with Gasteiger partial charge in [-0.1, -0.05) is 0 Å². The summed E-state index contributed by atoms with van der Waals surface area (Å²) >= 11 is 0. The average molecular weight is 295 g/mol. The van der Waals surface area contributed by atoms with Crippen LogP contribution in [0.5, 0.6) is 0 Å². The lowest BCUT2D eigenvalue weighted by atomic mass is 10.1. The Balaban J connectivity index is 2.87. The third kappa shape index (κ3) is 5.29. The monoisotopic (exact) mass is 295 g/mol. The molecule has 0 bridgehead atoms. The van der Waals surface area contributed by atoms with E-state index in [0.717, 1.165) is 5.69 Å². The number of ether oxygens (including phenoxy) is 1. The summed E-state index contributed by atoms with van der Waals surface area (Å²) in [5.74, 6) is 0. The summed E-state index contributed by atoms with van der Waals surface area (Å²) in [6, 6.07) is 4.54. The molecule has 1 aromatic rings. The Kier molecular flexibility index (Phi) is 5.12. The maximum Gasteiger partial charge on any atom is 0.407 e. The Morgan fingerprint density at radius 2 is 2.00 bits per heavy atom. The molecule has 1 rings (SSSR count).